The molecule has 0 unspecified atom stereocenters. The van der Waals surface area contributed by atoms with E-state index in [1.54, 1.807) is 36.4 Å². The number of thiophene rings is 1. The van der Waals surface area contributed by atoms with Gasteiger partial charge in [0.25, 0.3) is 0 Å². The van der Waals surface area contributed by atoms with Crippen LogP contribution in [0.4, 0.5) is 4.79 Å². The van der Waals surface area contributed by atoms with Crippen molar-refractivity contribution in [3.63, 3.8) is 0 Å². The maximum absolute atomic E-state index is 12.3. The first-order chi connectivity index (χ1) is 11.9. The molecule has 3 N–H and O–H groups in total. The zero-order valence-electron chi connectivity index (χ0n) is 13.4. The standard InChI is InChI=1S/C17H17ClN2O4S/c1-10(16(22)11-4-6-12(18)7-5-11)24-15(21)9-13(20-17(19)23)14-3-2-8-25-14/h2-8,10,13H,9H2,1H3,(H3,19,20,23)/t10-,13+/m1/s1. The number of esters is 1. The van der Waals surface area contributed by atoms with Gasteiger partial charge in [-0.25, -0.2) is 4.79 Å². The van der Waals surface area contributed by atoms with Crippen LogP contribution in [0, 0.1) is 0 Å². The summed E-state index contributed by atoms with van der Waals surface area (Å²) in [5.41, 5.74) is 5.55. The number of hydrogen-bond acceptors (Lipinski definition) is 5. The Labute approximate surface area is 153 Å². The summed E-state index contributed by atoms with van der Waals surface area (Å²) >= 11 is 7.17. The van der Waals surface area contributed by atoms with Gasteiger partial charge in [-0.05, 0) is 42.6 Å². The van der Waals surface area contributed by atoms with E-state index in [9.17, 15) is 14.4 Å². The fourth-order valence-electron chi connectivity index (χ4n) is 2.20. The number of amides is 2. The lowest BCUT2D eigenvalue weighted by atomic mass is 10.1. The van der Waals surface area contributed by atoms with Crippen molar-refractivity contribution in [3.05, 3.63) is 57.2 Å². The Morgan fingerprint density at radius 1 is 1.24 bits per heavy atom. The minimum atomic E-state index is -0.953. The molecule has 0 spiro atoms. The Morgan fingerprint density at radius 2 is 1.92 bits per heavy atom. The molecular weight excluding hydrogens is 364 g/mol. The molecule has 0 aliphatic rings. The number of rotatable bonds is 7. The van der Waals surface area contributed by atoms with Crippen molar-refractivity contribution in [1.29, 1.82) is 0 Å². The number of ether oxygens (including phenoxy) is 1. The minimum absolute atomic E-state index is 0.123. The van der Waals surface area contributed by atoms with Crippen LogP contribution in [0.15, 0.2) is 41.8 Å². The van der Waals surface area contributed by atoms with Crippen LogP contribution in [0.2, 0.25) is 5.02 Å². The average Bonchev–Trinajstić information content (AvgIpc) is 3.08. The Morgan fingerprint density at radius 3 is 2.48 bits per heavy atom. The number of ketones is 1. The minimum Gasteiger partial charge on any atom is -0.454 e. The average molecular weight is 381 g/mol. The summed E-state index contributed by atoms with van der Waals surface area (Å²) in [6, 6.07) is 8.56. The van der Waals surface area contributed by atoms with Crippen molar-refractivity contribution in [2.45, 2.75) is 25.5 Å². The second-order valence-corrected chi connectivity index (χ2v) is 6.70. The molecule has 0 aliphatic heterocycles. The highest BCUT2D eigenvalue weighted by Crippen LogP contribution is 2.23. The van der Waals surface area contributed by atoms with Gasteiger partial charge in [-0.15, -0.1) is 11.3 Å². The Balaban J connectivity index is 1.98. The van der Waals surface area contributed by atoms with Crippen LogP contribution >= 0.6 is 22.9 Å². The topological polar surface area (TPSA) is 98.5 Å². The van der Waals surface area contributed by atoms with Crippen molar-refractivity contribution >= 4 is 40.7 Å². The van der Waals surface area contributed by atoms with Crippen molar-refractivity contribution in [1.82, 2.24) is 5.32 Å². The van der Waals surface area contributed by atoms with E-state index >= 15 is 0 Å². The van der Waals surface area contributed by atoms with Gasteiger partial charge in [0.15, 0.2) is 6.10 Å². The first-order valence-corrected chi connectivity index (χ1v) is 8.71. The van der Waals surface area contributed by atoms with Gasteiger partial charge >= 0.3 is 12.0 Å². The summed E-state index contributed by atoms with van der Waals surface area (Å²) in [7, 11) is 0. The number of carbonyl (C=O) groups is 3. The Hall–Kier alpha value is -2.38. The summed E-state index contributed by atoms with van der Waals surface area (Å²) in [4.78, 5) is 36.3. The smallest absolute Gasteiger partial charge is 0.312 e. The predicted octanol–water partition coefficient (Wildman–Crippen LogP) is 3.32. The van der Waals surface area contributed by atoms with Gasteiger partial charge in [0.2, 0.25) is 5.78 Å². The number of benzene rings is 1. The molecule has 0 saturated heterocycles. The number of halogens is 1. The highest BCUT2D eigenvalue weighted by molar-refractivity contribution is 7.10. The van der Waals surface area contributed by atoms with Crippen molar-refractivity contribution in [2.24, 2.45) is 5.73 Å². The number of urea groups is 1. The quantitative estimate of drug-likeness (QED) is 0.568. The zero-order chi connectivity index (χ0) is 18.4. The lowest BCUT2D eigenvalue weighted by Crippen LogP contribution is -2.35. The molecule has 2 aromatic rings. The molecule has 0 bridgehead atoms. The van der Waals surface area contributed by atoms with Gasteiger partial charge in [-0.2, -0.15) is 0 Å². The summed E-state index contributed by atoms with van der Waals surface area (Å²) < 4.78 is 5.20. The molecule has 0 aliphatic carbocycles. The third kappa shape index (κ3) is 5.58. The first-order valence-electron chi connectivity index (χ1n) is 7.45. The fraction of sp³-hybridized carbons (Fsp3) is 0.235. The fourth-order valence-corrected chi connectivity index (χ4v) is 3.10. The molecule has 1 aromatic carbocycles. The van der Waals surface area contributed by atoms with Crippen molar-refractivity contribution in [3.8, 4) is 0 Å². The zero-order valence-corrected chi connectivity index (χ0v) is 15.0. The van der Waals surface area contributed by atoms with Crippen molar-refractivity contribution < 1.29 is 19.1 Å². The van der Waals surface area contributed by atoms with Gasteiger partial charge in [-0.3, -0.25) is 9.59 Å². The maximum atomic E-state index is 12.3. The molecule has 132 valence electrons. The number of carbonyl (C=O) groups excluding carboxylic acids is 3. The van der Waals surface area contributed by atoms with Gasteiger partial charge < -0.3 is 15.8 Å². The number of Topliss-reactive ketones (excluding diaryl/α,β-unsaturated/α-hetero) is 1. The van der Waals surface area contributed by atoms with Crippen LogP contribution in [-0.2, 0) is 9.53 Å². The van der Waals surface area contributed by atoms with E-state index in [1.165, 1.54) is 18.3 Å². The van der Waals surface area contributed by atoms with E-state index in [-0.39, 0.29) is 12.2 Å². The molecule has 25 heavy (non-hydrogen) atoms. The predicted molar refractivity (Wildman–Crippen MR) is 95.7 cm³/mol. The normalized spacial score (nSPS) is 12.9. The van der Waals surface area contributed by atoms with E-state index in [1.807, 2.05) is 5.38 Å². The largest absolute Gasteiger partial charge is 0.454 e. The number of primary amides is 1. The van der Waals surface area contributed by atoms with Crippen LogP contribution in [0.5, 0.6) is 0 Å². The van der Waals surface area contributed by atoms with Crippen LogP contribution < -0.4 is 11.1 Å². The van der Waals surface area contributed by atoms with Crippen molar-refractivity contribution in [2.75, 3.05) is 0 Å². The third-order valence-electron chi connectivity index (χ3n) is 3.38. The van der Waals surface area contributed by atoms with Gasteiger partial charge in [0.1, 0.15) is 0 Å². The Bertz CT molecular complexity index is 747. The molecule has 0 saturated carbocycles. The molecule has 6 nitrogen and oxygen atoms in total. The summed E-state index contributed by atoms with van der Waals surface area (Å²) in [5.74, 6) is -0.942. The maximum Gasteiger partial charge on any atom is 0.312 e. The molecule has 2 atom stereocenters. The number of hydrogen-bond donors (Lipinski definition) is 2. The van der Waals surface area contributed by atoms with Crippen LogP contribution in [0.1, 0.15) is 34.6 Å². The highest BCUT2D eigenvalue weighted by atomic mass is 35.5. The molecule has 0 radical (unpaired) electrons. The first kappa shape index (κ1) is 19.0. The van der Waals surface area contributed by atoms with E-state index in [0.717, 1.165) is 4.88 Å². The van der Waals surface area contributed by atoms with E-state index < -0.39 is 24.1 Å². The Kier molecular flexibility index (Phi) is 6.55. The van der Waals surface area contributed by atoms with E-state index in [2.05, 4.69) is 5.32 Å². The molecule has 2 amide bonds. The number of nitrogens with one attached hydrogen (secondary N) is 1. The SMILES string of the molecule is C[C@@H](OC(=O)C[C@H](NC(N)=O)c1cccs1)C(=O)c1ccc(Cl)cc1. The summed E-state index contributed by atoms with van der Waals surface area (Å²) in [6.07, 6.45) is -1.08. The van der Waals surface area contributed by atoms with Gasteiger partial charge in [-0.1, -0.05) is 17.7 Å². The van der Waals surface area contributed by atoms with E-state index in [0.29, 0.717) is 10.6 Å². The molecular formula is C17H17ClN2O4S. The molecule has 0 fully saturated rings. The third-order valence-corrected chi connectivity index (χ3v) is 4.62. The highest BCUT2D eigenvalue weighted by Gasteiger charge is 2.23. The van der Waals surface area contributed by atoms with Crippen LogP contribution in [0.3, 0.4) is 0 Å². The monoisotopic (exact) mass is 380 g/mol. The summed E-state index contributed by atoms with van der Waals surface area (Å²) in [6.45, 7) is 1.50. The molecule has 1 heterocycles. The molecule has 2 rings (SSSR count). The van der Waals surface area contributed by atoms with Crippen LogP contribution in [-0.4, -0.2) is 23.9 Å². The number of nitrogens with two attached hydrogens (primary N) is 1. The molecule has 8 heteroatoms. The molecule has 1 aromatic heterocycles. The second-order valence-electron chi connectivity index (χ2n) is 5.28. The van der Waals surface area contributed by atoms with Gasteiger partial charge in [0.05, 0.1) is 12.5 Å². The lowest BCUT2D eigenvalue weighted by Gasteiger charge is -2.17. The summed E-state index contributed by atoms with van der Waals surface area (Å²) in [5, 5.41) is 4.84. The van der Waals surface area contributed by atoms with Crippen LogP contribution in [0.25, 0.3) is 0 Å². The van der Waals surface area contributed by atoms with E-state index in [4.69, 9.17) is 22.1 Å². The van der Waals surface area contributed by atoms with Gasteiger partial charge in [0, 0.05) is 15.5 Å². The second kappa shape index (κ2) is 8.64. The lowest BCUT2D eigenvalue weighted by molar-refractivity contribution is -0.146.